The molecule has 2 aliphatic heterocycles. The summed E-state index contributed by atoms with van der Waals surface area (Å²) in [5.41, 5.74) is 0. The van der Waals surface area contributed by atoms with Crippen LogP contribution in [0.25, 0.3) is 0 Å². The summed E-state index contributed by atoms with van der Waals surface area (Å²) < 4.78 is 20.8. The van der Waals surface area contributed by atoms with Gasteiger partial charge in [-0.25, -0.2) is 9.59 Å². The standard InChI is InChI=1S/C14H22N2O6/c17-13(21-9-11-7-15-3-5-19-11)1-2-14(18)22-10-12-8-16-4-6-20-12/h1-2,11-12,15-16H,3-10H2/b2-1-. The van der Waals surface area contributed by atoms with Crippen LogP contribution in [0.3, 0.4) is 0 Å². The third kappa shape index (κ3) is 6.52. The molecule has 22 heavy (non-hydrogen) atoms. The molecule has 2 rings (SSSR count). The molecule has 0 aliphatic carbocycles. The van der Waals surface area contributed by atoms with Gasteiger partial charge in [-0.05, 0) is 0 Å². The van der Waals surface area contributed by atoms with Gasteiger partial charge in [-0.3, -0.25) is 0 Å². The molecule has 0 radical (unpaired) electrons. The predicted octanol–water partition coefficient (Wildman–Crippen LogP) is -1.39. The quantitative estimate of drug-likeness (QED) is 0.457. The topological polar surface area (TPSA) is 95.1 Å². The molecule has 0 amide bonds. The molecule has 2 atom stereocenters. The number of hydrogen-bond acceptors (Lipinski definition) is 8. The summed E-state index contributed by atoms with van der Waals surface area (Å²) in [6.07, 6.45) is 1.82. The molecule has 0 aromatic carbocycles. The average molecular weight is 314 g/mol. The minimum absolute atomic E-state index is 0.144. The third-order valence-corrected chi connectivity index (χ3v) is 3.19. The van der Waals surface area contributed by atoms with Gasteiger partial charge < -0.3 is 29.6 Å². The summed E-state index contributed by atoms with van der Waals surface area (Å²) in [6, 6.07) is 0. The number of ether oxygens (including phenoxy) is 4. The minimum atomic E-state index is -0.596. The number of carbonyl (C=O) groups is 2. The number of morpholine rings is 2. The van der Waals surface area contributed by atoms with E-state index >= 15 is 0 Å². The van der Waals surface area contributed by atoms with Gasteiger partial charge in [0.05, 0.1) is 13.2 Å². The van der Waals surface area contributed by atoms with E-state index in [1.807, 2.05) is 0 Å². The molecule has 2 unspecified atom stereocenters. The van der Waals surface area contributed by atoms with Gasteiger partial charge in [0.2, 0.25) is 0 Å². The molecule has 8 nitrogen and oxygen atoms in total. The van der Waals surface area contributed by atoms with E-state index in [1.165, 1.54) is 0 Å². The second kappa shape index (κ2) is 9.52. The van der Waals surface area contributed by atoms with E-state index in [9.17, 15) is 9.59 Å². The number of esters is 2. The number of carbonyl (C=O) groups excluding carboxylic acids is 2. The van der Waals surface area contributed by atoms with Gasteiger partial charge in [0, 0.05) is 38.3 Å². The van der Waals surface area contributed by atoms with Crippen LogP contribution in [0.5, 0.6) is 0 Å². The van der Waals surface area contributed by atoms with Crippen molar-refractivity contribution in [2.45, 2.75) is 12.2 Å². The normalized spacial score (nSPS) is 25.8. The van der Waals surface area contributed by atoms with Crippen molar-refractivity contribution < 1.29 is 28.5 Å². The lowest BCUT2D eigenvalue weighted by molar-refractivity contribution is -0.145. The lowest BCUT2D eigenvalue weighted by Crippen LogP contribution is -2.41. The molecule has 0 bridgehead atoms. The van der Waals surface area contributed by atoms with E-state index in [4.69, 9.17) is 18.9 Å². The summed E-state index contributed by atoms with van der Waals surface area (Å²) in [5.74, 6) is -1.19. The largest absolute Gasteiger partial charge is 0.460 e. The van der Waals surface area contributed by atoms with Crippen molar-refractivity contribution in [1.82, 2.24) is 10.6 Å². The van der Waals surface area contributed by atoms with Gasteiger partial charge in [0.15, 0.2) is 0 Å². The van der Waals surface area contributed by atoms with Crippen LogP contribution in [-0.4, -0.2) is 76.8 Å². The average Bonchev–Trinajstić information content (AvgIpc) is 2.58. The van der Waals surface area contributed by atoms with E-state index in [2.05, 4.69) is 10.6 Å². The van der Waals surface area contributed by atoms with E-state index in [1.54, 1.807) is 0 Å². The molecule has 8 heteroatoms. The molecule has 2 fully saturated rings. The summed E-state index contributed by atoms with van der Waals surface area (Å²) in [6.45, 7) is 4.42. The fourth-order valence-electron chi connectivity index (χ4n) is 2.04. The summed E-state index contributed by atoms with van der Waals surface area (Å²) in [5, 5.41) is 6.26. The van der Waals surface area contributed by atoms with Crippen LogP contribution in [0, 0.1) is 0 Å². The molecule has 2 aliphatic rings. The third-order valence-electron chi connectivity index (χ3n) is 3.19. The Morgan fingerprint density at radius 1 is 0.909 bits per heavy atom. The molecule has 0 aromatic rings. The molecule has 0 saturated carbocycles. The Balaban J connectivity index is 1.58. The highest BCUT2D eigenvalue weighted by Crippen LogP contribution is 1.99. The fourth-order valence-corrected chi connectivity index (χ4v) is 2.04. The first-order valence-electron chi connectivity index (χ1n) is 7.40. The van der Waals surface area contributed by atoms with Crippen LogP contribution in [0.4, 0.5) is 0 Å². The molecule has 2 saturated heterocycles. The van der Waals surface area contributed by atoms with Crippen LogP contribution in [0.1, 0.15) is 0 Å². The Labute approximate surface area is 129 Å². The highest BCUT2D eigenvalue weighted by molar-refractivity contribution is 5.91. The highest BCUT2D eigenvalue weighted by atomic mass is 16.6. The Morgan fingerprint density at radius 3 is 1.73 bits per heavy atom. The molecule has 0 aromatic heterocycles. The first-order chi connectivity index (χ1) is 10.7. The van der Waals surface area contributed by atoms with E-state index in [0.29, 0.717) is 26.3 Å². The fraction of sp³-hybridized carbons (Fsp3) is 0.714. The Bertz CT molecular complexity index is 353. The number of nitrogens with one attached hydrogen (secondary N) is 2. The van der Waals surface area contributed by atoms with Crippen molar-refractivity contribution in [3.8, 4) is 0 Å². The van der Waals surface area contributed by atoms with Gasteiger partial charge in [0.1, 0.15) is 25.4 Å². The van der Waals surface area contributed by atoms with E-state index < -0.39 is 11.9 Å². The van der Waals surface area contributed by atoms with Crippen molar-refractivity contribution in [2.75, 3.05) is 52.6 Å². The van der Waals surface area contributed by atoms with Crippen molar-refractivity contribution >= 4 is 11.9 Å². The zero-order chi connectivity index (χ0) is 15.6. The van der Waals surface area contributed by atoms with E-state index in [-0.39, 0.29) is 25.4 Å². The second-order valence-corrected chi connectivity index (χ2v) is 4.99. The first kappa shape index (κ1) is 16.9. The van der Waals surface area contributed by atoms with Gasteiger partial charge in [-0.15, -0.1) is 0 Å². The molecule has 2 heterocycles. The first-order valence-corrected chi connectivity index (χ1v) is 7.40. The van der Waals surface area contributed by atoms with Crippen molar-refractivity contribution in [2.24, 2.45) is 0 Å². The van der Waals surface area contributed by atoms with Gasteiger partial charge in [0.25, 0.3) is 0 Å². The molecular formula is C14H22N2O6. The maximum atomic E-state index is 11.5. The van der Waals surface area contributed by atoms with Crippen molar-refractivity contribution in [3.05, 3.63) is 12.2 Å². The highest BCUT2D eigenvalue weighted by Gasteiger charge is 2.16. The molecule has 124 valence electrons. The maximum Gasteiger partial charge on any atom is 0.331 e. The lowest BCUT2D eigenvalue weighted by Gasteiger charge is -2.23. The predicted molar refractivity (Wildman–Crippen MR) is 76.3 cm³/mol. The lowest BCUT2D eigenvalue weighted by atomic mass is 10.3. The zero-order valence-electron chi connectivity index (χ0n) is 12.4. The second-order valence-electron chi connectivity index (χ2n) is 4.99. The van der Waals surface area contributed by atoms with Crippen LogP contribution in [0.2, 0.25) is 0 Å². The SMILES string of the molecule is O=C(/C=C\C(=O)OCC1CNCCO1)OCC1CNCCO1. The summed E-state index contributed by atoms with van der Waals surface area (Å²) in [7, 11) is 0. The zero-order valence-corrected chi connectivity index (χ0v) is 12.4. The molecular weight excluding hydrogens is 292 g/mol. The van der Waals surface area contributed by atoms with Crippen LogP contribution in [-0.2, 0) is 28.5 Å². The van der Waals surface area contributed by atoms with Crippen LogP contribution >= 0.6 is 0 Å². The smallest absolute Gasteiger partial charge is 0.331 e. The molecule has 0 spiro atoms. The Morgan fingerprint density at radius 2 is 1.36 bits per heavy atom. The summed E-state index contributed by atoms with van der Waals surface area (Å²) in [4.78, 5) is 22.9. The molecule has 2 N–H and O–H groups in total. The summed E-state index contributed by atoms with van der Waals surface area (Å²) >= 11 is 0. The van der Waals surface area contributed by atoms with E-state index in [0.717, 1.165) is 25.2 Å². The van der Waals surface area contributed by atoms with Crippen LogP contribution in [0.15, 0.2) is 12.2 Å². The van der Waals surface area contributed by atoms with Crippen LogP contribution < -0.4 is 10.6 Å². The minimum Gasteiger partial charge on any atom is -0.460 e. The van der Waals surface area contributed by atoms with Crippen molar-refractivity contribution in [1.29, 1.82) is 0 Å². The van der Waals surface area contributed by atoms with Gasteiger partial charge in [-0.1, -0.05) is 0 Å². The monoisotopic (exact) mass is 314 g/mol. The maximum absolute atomic E-state index is 11.5. The Kier molecular flexibility index (Phi) is 7.31. The number of hydrogen-bond donors (Lipinski definition) is 2. The van der Waals surface area contributed by atoms with Gasteiger partial charge >= 0.3 is 11.9 Å². The van der Waals surface area contributed by atoms with Gasteiger partial charge in [-0.2, -0.15) is 0 Å². The Hall–Kier alpha value is -1.48. The number of rotatable bonds is 6. The van der Waals surface area contributed by atoms with Crippen molar-refractivity contribution in [3.63, 3.8) is 0 Å².